The van der Waals surface area contributed by atoms with Gasteiger partial charge < -0.3 is 11.1 Å². The van der Waals surface area contributed by atoms with Crippen LogP contribution in [0.25, 0.3) is 0 Å². The summed E-state index contributed by atoms with van der Waals surface area (Å²) in [6.07, 6.45) is 3.83. The molecule has 0 spiro atoms. The maximum Gasteiger partial charge on any atom is 0.0353 e. The van der Waals surface area contributed by atoms with Crippen molar-refractivity contribution < 1.29 is 0 Å². The molecule has 1 aliphatic carbocycles. The minimum atomic E-state index is 0.492. The van der Waals surface area contributed by atoms with E-state index in [1.807, 2.05) is 0 Å². The normalized spacial score (nSPS) is 22.7. The molecule has 0 heterocycles. The lowest BCUT2D eigenvalue weighted by Crippen LogP contribution is -2.17. The lowest BCUT2D eigenvalue weighted by atomic mass is 9.92. The first-order valence-electron chi connectivity index (χ1n) is 6.25. The van der Waals surface area contributed by atoms with Crippen molar-refractivity contribution in [3.05, 3.63) is 28.2 Å². The van der Waals surface area contributed by atoms with Gasteiger partial charge in [-0.3, -0.25) is 0 Å². The third-order valence-corrected chi connectivity index (χ3v) is 4.35. The van der Waals surface area contributed by atoms with Crippen molar-refractivity contribution in [3.8, 4) is 0 Å². The van der Waals surface area contributed by atoms with Gasteiger partial charge >= 0.3 is 0 Å². The topological polar surface area (TPSA) is 38.0 Å². The lowest BCUT2D eigenvalue weighted by Gasteiger charge is -2.19. The number of hydrogen-bond acceptors (Lipinski definition) is 2. The second-order valence-electron chi connectivity index (χ2n) is 5.76. The summed E-state index contributed by atoms with van der Waals surface area (Å²) in [5.41, 5.74) is 8.49. The van der Waals surface area contributed by atoms with Gasteiger partial charge in [0.15, 0.2) is 0 Å². The van der Waals surface area contributed by atoms with E-state index in [0.29, 0.717) is 18.0 Å². The van der Waals surface area contributed by atoms with Gasteiger partial charge in [0.2, 0.25) is 0 Å². The Morgan fingerprint density at radius 1 is 1.47 bits per heavy atom. The van der Waals surface area contributed by atoms with Crippen LogP contribution < -0.4 is 11.1 Å². The lowest BCUT2D eigenvalue weighted by molar-refractivity contribution is 0.378. The molecule has 3 heteroatoms. The first kappa shape index (κ1) is 12.9. The molecule has 17 heavy (non-hydrogen) atoms. The number of nitrogens with two attached hydrogens (primary N) is 1. The molecule has 1 atom stereocenters. The second-order valence-corrected chi connectivity index (χ2v) is 6.61. The summed E-state index contributed by atoms with van der Waals surface area (Å²) in [7, 11) is 0. The molecule has 1 aromatic rings. The Labute approximate surface area is 112 Å². The Morgan fingerprint density at radius 2 is 2.24 bits per heavy atom. The SMILES string of the molecule is CC1(C)CCC(Nc2ccc(CN)c(Br)c2)C1. The molecular formula is C14H21BrN2. The standard InChI is InChI=1S/C14H21BrN2/c1-14(2)6-5-12(8-14)17-11-4-3-10(9-16)13(15)7-11/h3-4,7,12,17H,5-6,8-9,16H2,1-2H3. The summed E-state index contributed by atoms with van der Waals surface area (Å²) in [5, 5.41) is 3.62. The van der Waals surface area contributed by atoms with Crippen molar-refractivity contribution >= 4 is 21.6 Å². The van der Waals surface area contributed by atoms with Gasteiger partial charge in [-0.25, -0.2) is 0 Å². The molecule has 3 N–H and O–H groups in total. The zero-order valence-corrected chi connectivity index (χ0v) is 12.2. The predicted molar refractivity (Wildman–Crippen MR) is 77.1 cm³/mol. The van der Waals surface area contributed by atoms with Crippen LogP contribution >= 0.6 is 15.9 Å². The van der Waals surface area contributed by atoms with E-state index in [0.717, 1.165) is 10.0 Å². The van der Waals surface area contributed by atoms with Crippen LogP contribution in [0.5, 0.6) is 0 Å². The average molecular weight is 297 g/mol. The van der Waals surface area contributed by atoms with Crippen LogP contribution in [-0.4, -0.2) is 6.04 Å². The Hall–Kier alpha value is -0.540. The number of rotatable bonds is 3. The van der Waals surface area contributed by atoms with Gasteiger partial charge in [0.25, 0.3) is 0 Å². The summed E-state index contributed by atoms with van der Waals surface area (Å²) in [5.74, 6) is 0. The van der Waals surface area contributed by atoms with Gasteiger partial charge in [0, 0.05) is 22.7 Å². The van der Waals surface area contributed by atoms with Crippen molar-refractivity contribution in [2.45, 2.75) is 45.7 Å². The Balaban J connectivity index is 2.02. The first-order valence-corrected chi connectivity index (χ1v) is 7.04. The van der Waals surface area contributed by atoms with Gasteiger partial charge in [-0.1, -0.05) is 35.8 Å². The molecule has 1 unspecified atom stereocenters. The van der Waals surface area contributed by atoms with Crippen LogP contribution in [0.2, 0.25) is 0 Å². The average Bonchev–Trinajstić information content (AvgIpc) is 2.58. The zero-order chi connectivity index (χ0) is 12.5. The fraction of sp³-hybridized carbons (Fsp3) is 0.571. The highest BCUT2D eigenvalue weighted by Crippen LogP contribution is 2.38. The molecule has 0 radical (unpaired) electrons. The van der Waals surface area contributed by atoms with Gasteiger partial charge in [0.05, 0.1) is 0 Å². The molecule has 1 fully saturated rings. The highest BCUT2D eigenvalue weighted by Gasteiger charge is 2.30. The molecule has 0 aliphatic heterocycles. The van der Waals surface area contributed by atoms with Crippen molar-refractivity contribution in [1.82, 2.24) is 0 Å². The Kier molecular flexibility index (Phi) is 3.79. The van der Waals surface area contributed by atoms with Crippen molar-refractivity contribution in [2.24, 2.45) is 11.1 Å². The van der Waals surface area contributed by atoms with Crippen LogP contribution in [0, 0.1) is 5.41 Å². The first-order chi connectivity index (χ1) is 8.00. The van der Waals surface area contributed by atoms with Crippen LogP contribution in [0.4, 0.5) is 5.69 Å². The van der Waals surface area contributed by atoms with Crippen LogP contribution in [-0.2, 0) is 6.54 Å². The minimum Gasteiger partial charge on any atom is -0.382 e. The molecule has 0 bridgehead atoms. The Bertz CT molecular complexity index is 401. The van der Waals surface area contributed by atoms with E-state index in [-0.39, 0.29) is 0 Å². The summed E-state index contributed by atoms with van der Waals surface area (Å²) in [6, 6.07) is 6.96. The molecule has 94 valence electrons. The van der Waals surface area contributed by atoms with E-state index in [1.165, 1.54) is 24.9 Å². The number of benzene rings is 1. The third-order valence-electron chi connectivity index (χ3n) is 3.61. The van der Waals surface area contributed by atoms with E-state index in [9.17, 15) is 0 Å². The highest BCUT2D eigenvalue weighted by atomic mass is 79.9. The van der Waals surface area contributed by atoms with Crippen molar-refractivity contribution in [3.63, 3.8) is 0 Å². The zero-order valence-electron chi connectivity index (χ0n) is 10.6. The van der Waals surface area contributed by atoms with E-state index in [2.05, 4.69) is 53.3 Å². The largest absolute Gasteiger partial charge is 0.382 e. The smallest absolute Gasteiger partial charge is 0.0353 e. The van der Waals surface area contributed by atoms with E-state index >= 15 is 0 Å². The molecule has 0 amide bonds. The monoisotopic (exact) mass is 296 g/mol. The molecule has 2 rings (SSSR count). The predicted octanol–water partition coefficient (Wildman–Crippen LogP) is 3.90. The summed E-state index contributed by atoms with van der Waals surface area (Å²) < 4.78 is 1.10. The number of anilines is 1. The van der Waals surface area contributed by atoms with Crippen LogP contribution in [0.15, 0.2) is 22.7 Å². The molecule has 1 aromatic carbocycles. The molecule has 0 aromatic heterocycles. The maximum absolute atomic E-state index is 5.65. The molecule has 2 nitrogen and oxygen atoms in total. The number of hydrogen-bond donors (Lipinski definition) is 2. The molecule has 1 aliphatic rings. The highest BCUT2D eigenvalue weighted by molar-refractivity contribution is 9.10. The molecule has 0 saturated heterocycles. The molecular weight excluding hydrogens is 276 g/mol. The van der Waals surface area contributed by atoms with Crippen molar-refractivity contribution in [2.75, 3.05) is 5.32 Å². The summed E-state index contributed by atoms with van der Waals surface area (Å²) >= 11 is 3.56. The fourth-order valence-electron chi connectivity index (χ4n) is 2.60. The second kappa shape index (κ2) is 4.99. The van der Waals surface area contributed by atoms with E-state index < -0.39 is 0 Å². The summed E-state index contributed by atoms with van der Waals surface area (Å²) in [4.78, 5) is 0. The Morgan fingerprint density at radius 3 is 2.76 bits per heavy atom. The third kappa shape index (κ3) is 3.23. The van der Waals surface area contributed by atoms with Gasteiger partial charge in [-0.05, 0) is 42.4 Å². The van der Waals surface area contributed by atoms with Crippen LogP contribution in [0.3, 0.4) is 0 Å². The molecule has 1 saturated carbocycles. The van der Waals surface area contributed by atoms with Crippen molar-refractivity contribution in [1.29, 1.82) is 0 Å². The fourth-order valence-corrected chi connectivity index (χ4v) is 3.14. The quantitative estimate of drug-likeness (QED) is 0.888. The van der Waals surface area contributed by atoms with Crippen LogP contribution in [0.1, 0.15) is 38.7 Å². The minimum absolute atomic E-state index is 0.492. The van der Waals surface area contributed by atoms with Gasteiger partial charge in [-0.2, -0.15) is 0 Å². The number of halogens is 1. The summed E-state index contributed by atoms with van der Waals surface area (Å²) in [6.45, 7) is 5.28. The van der Waals surface area contributed by atoms with E-state index in [1.54, 1.807) is 0 Å². The van der Waals surface area contributed by atoms with Gasteiger partial charge in [0.1, 0.15) is 0 Å². The maximum atomic E-state index is 5.65. The number of nitrogens with one attached hydrogen (secondary N) is 1. The van der Waals surface area contributed by atoms with E-state index in [4.69, 9.17) is 5.73 Å². The van der Waals surface area contributed by atoms with Gasteiger partial charge in [-0.15, -0.1) is 0 Å².